The van der Waals surface area contributed by atoms with Crippen molar-refractivity contribution in [2.75, 3.05) is 5.75 Å². The molecule has 0 spiro atoms. The van der Waals surface area contributed by atoms with Crippen LogP contribution in [0.15, 0.2) is 30.3 Å². The largest absolute Gasteiger partial charge is 0.227 e. The van der Waals surface area contributed by atoms with Gasteiger partial charge in [-0.15, -0.1) is 3.82 Å². The number of hydrogen-bond acceptors (Lipinski definition) is 2. The summed E-state index contributed by atoms with van der Waals surface area (Å²) < 4.78 is 25.0. The van der Waals surface area contributed by atoms with Crippen molar-refractivity contribution in [1.29, 1.82) is 0 Å². The summed E-state index contributed by atoms with van der Waals surface area (Å²) >= 11 is 5.90. The fourth-order valence-electron chi connectivity index (χ4n) is 1.93. The molecule has 0 saturated heterocycles. The van der Waals surface area contributed by atoms with E-state index in [1.54, 1.807) is 20.8 Å². The van der Waals surface area contributed by atoms with Gasteiger partial charge < -0.3 is 0 Å². The first-order valence-corrected chi connectivity index (χ1v) is 8.91. The molecule has 0 unspecified atom stereocenters. The molecule has 114 valence electrons. The molecule has 0 heterocycles. The molecule has 0 atom stereocenters. The SMILES string of the molecule is CC(C)(C)N(Cl)S(=O)(=O)CCCCCc1ccccc1. The van der Waals surface area contributed by atoms with Crippen LogP contribution in [-0.4, -0.2) is 23.5 Å². The molecule has 0 aromatic heterocycles. The second-order valence-electron chi connectivity index (χ2n) is 6.00. The van der Waals surface area contributed by atoms with E-state index < -0.39 is 15.6 Å². The van der Waals surface area contributed by atoms with Crippen molar-refractivity contribution in [1.82, 2.24) is 3.82 Å². The summed E-state index contributed by atoms with van der Waals surface area (Å²) in [5.74, 6) is 0.114. The molecular weight excluding hydrogens is 294 g/mol. The number of rotatable bonds is 7. The lowest BCUT2D eigenvalue weighted by Crippen LogP contribution is -2.39. The van der Waals surface area contributed by atoms with Crippen molar-refractivity contribution >= 4 is 21.8 Å². The summed E-state index contributed by atoms with van der Waals surface area (Å²) in [5, 5.41) is 0. The Kier molecular flexibility index (Phi) is 6.49. The summed E-state index contributed by atoms with van der Waals surface area (Å²) in [4.78, 5) is 0. The second kappa shape index (κ2) is 7.43. The van der Waals surface area contributed by atoms with Gasteiger partial charge in [0.1, 0.15) is 0 Å². The van der Waals surface area contributed by atoms with Gasteiger partial charge in [-0.3, -0.25) is 0 Å². The van der Waals surface area contributed by atoms with E-state index in [0.717, 1.165) is 23.1 Å². The van der Waals surface area contributed by atoms with Crippen LogP contribution in [-0.2, 0) is 16.4 Å². The third-order valence-corrected chi connectivity index (χ3v) is 5.96. The monoisotopic (exact) mass is 317 g/mol. The van der Waals surface area contributed by atoms with Gasteiger partial charge in [-0.25, -0.2) is 8.42 Å². The molecule has 0 aliphatic carbocycles. The van der Waals surface area contributed by atoms with E-state index in [9.17, 15) is 8.42 Å². The molecule has 0 bridgehead atoms. The lowest BCUT2D eigenvalue weighted by molar-refractivity contribution is 0.368. The Labute approximate surface area is 128 Å². The molecule has 3 nitrogen and oxygen atoms in total. The van der Waals surface area contributed by atoms with Gasteiger partial charge >= 0.3 is 0 Å². The normalized spacial score (nSPS) is 12.8. The highest BCUT2D eigenvalue weighted by atomic mass is 35.5. The van der Waals surface area contributed by atoms with Gasteiger partial charge in [-0.05, 0) is 57.4 Å². The second-order valence-corrected chi connectivity index (χ2v) is 8.47. The zero-order valence-electron chi connectivity index (χ0n) is 12.5. The molecule has 0 amide bonds. The van der Waals surface area contributed by atoms with E-state index >= 15 is 0 Å². The van der Waals surface area contributed by atoms with Gasteiger partial charge in [0, 0.05) is 5.54 Å². The fraction of sp³-hybridized carbons (Fsp3) is 0.600. The number of halogens is 1. The summed E-state index contributed by atoms with van der Waals surface area (Å²) in [6.45, 7) is 5.35. The molecule has 0 fully saturated rings. The van der Waals surface area contributed by atoms with E-state index in [4.69, 9.17) is 11.8 Å². The van der Waals surface area contributed by atoms with Crippen molar-refractivity contribution in [3.05, 3.63) is 35.9 Å². The van der Waals surface area contributed by atoms with Crippen LogP contribution < -0.4 is 0 Å². The van der Waals surface area contributed by atoms with E-state index in [1.807, 2.05) is 18.2 Å². The van der Waals surface area contributed by atoms with E-state index in [2.05, 4.69) is 12.1 Å². The third-order valence-electron chi connectivity index (χ3n) is 2.98. The molecular formula is C15H24ClNO2S. The molecule has 20 heavy (non-hydrogen) atoms. The number of benzene rings is 1. The van der Waals surface area contributed by atoms with Crippen LogP contribution >= 0.6 is 11.8 Å². The minimum atomic E-state index is -3.36. The average molecular weight is 318 g/mol. The van der Waals surface area contributed by atoms with Gasteiger partial charge in [0.15, 0.2) is 0 Å². The Bertz CT molecular complexity index is 494. The first-order valence-electron chi connectivity index (χ1n) is 6.96. The Morgan fingerprint density at radius 1 is 1.05 bits per heavy atom. The first-order chi connectivity index (χ1) is 9.23. The highest BCUT2D eigenvalue weighted by molar-refractivity contribution is 7.90. The molecule has 0 N–H and O–H groups in total. The Morgan fingerprint density at radius 2 is 1.65 bits per heavy atom. The zero-order valence-corrected chi connectivity index (χ0v) is 14.0. The highest BCUT2D eigenvalue weighted by Gasteiger charge is 2.30. The summed E-state index contributed by atoms with van der Waals surface area (Å²) in [6, 6.07) is 10.2. The summed E-state index contributed by atoms with van der Waals surface area (Å²) in [5.41, 5.74) is 0.716. The maximum absolute atomic E-state index is 12.0. The van der Waals surface area contributed by atoms with Crippen molar-refractivity contribution < 1.29 is 8.42 Å². The van der Waals surface area contributed by atoms with Crippen molar-refractivity contribution in [2.45, 2.75) is 52.0 Å². The quantitative estimate of drug-likeness (QED) is 0.563. The van der Waals surface area contributed by atoms with Crippen LogP contribution in [0, 0.1) is 0 Å². The van der Waals surface area contributed by atoms with Gasteiger partial charge in [0.25, 0.3) is 0 Å². The van der Waals surface area contributed by atoms with Gasteiger partial charge in [-0.2, -0.15) is 0 Å². The number of nitrogens with zero attached hydrogens (tertiary/aromatic N) is 1. The molecule has 0 aliphatic rings. The van der Waals surface area contributed by atoms with Crippen molar-refractivity contribution in [2.24, 2.45) is 0 Å². The minimum absolute atomic E-state index is 0.114. The predicted octanol–water partition coefficient (Wildman–Crippen LogP) is 3.98. The Hall–Kier alpha value is -0.580. The maximum atomic E-state index is 12.0. The Morgan fingerprint density at radius 3 is 2.20 bits per heavy atom. The van der Waals surface area contributed by atoms with E-state index in [0.29, 0.717) is 6.42 Å². The predicted molar refractivity (Wildman–Crippen MR) is 85.2 cm³/mol. The molecule has 0 saturated carbocycles. The van der Waals surface area contributed by atoms with Crippen LogP contribution in [0.4, 0.5) is 0 Å². The zero-order chi connectivity index (χ0) is 15.2. The lowest BCUT2D eigenvalue weighted by atomic mass is 10.1. The van der Waals surface area contributed by atoms with Crippen LogP contribution in [0.3, 0.4) is 0 Å². The minimum Gasteiger partial charge on any atom is -0.211 e. The molecule has 0 aliphatic heterocycles. The number of unbranched alkanes of at least 4 members (excludes halogenated alkanes) is 2. The maximum Gasteiger partial charge on any atom is 0.227 e. The van der Waals surface area contributed by atoms with Crippen LogP contribution in [0.5, 0.6) is 0 Å². The van der Waals surface area contributed by atoms with E-state index in [1.165, 1.54) is 5.56 Å². The molecule has 1 aromatic rings. The smallest absolute Gasteiger partial charge is 0.211 e. The van der Waals surface area contributed by atoms with Crippen LogP contribution in [0.1, 0.15) is 45.6 Å². The molecule has 1 rings (SSSR count). The van der Waals surface area contributed by atoms with Gasteiger partial charge in [0.2, 0.25) is 10.0 Å². The first kappa shape index (κ1) is 17.5. The molecule has 0 radical (unpaired) electrons. The van der Waals surface area contributed by atoms with Gasteiger partial charge in [-0.1, -0.05) is 36.8 Å². The van der Waals surface area contributed by atoms with Crippen molar-refractivity contribution in [3.8, 4) is 0 Å². The van der Waals surface area contributed by atoms with Crippen molar-refractivity contribution in [3.63, 3.8) is 0 Å². The van der Waals surface area contributed by atoms with Crippen LogP contribution in [0.2, 0.25) is 0 Å². The molecule has 5 heteroatoms. The van der Waals surface area contributed by atoms with Gasteiger partial charge in [0.05, 0.1) is 5.75 Å². The topological polar surface area (TPSA) is 37.4 Å². The third kappa shape index (κ3) is 5.81. The number of aryl methyl sites for hydroxylation is 1. The highest BCUT2D eigenvalue weighted by Crippen LogP contribution is 2.22. The van der Waals surface area contributed by atoms with Crippen LogP contribution in [0.25, 0.3) is 0 Å². The summed E-state index contributed by atoms with van der Waals surface area (Å²) in [7, 11) is -3.36. The number of sulfonamides is 1. The Balaban J connectivity index is 2.30. The fourth-order valence-corrected chi connectivity index (χ4v) is 3.70. The summed E-state index contributed by atoms with van der Waals surface area (Å²) in [6.07, 6.45) is 3.53. The van der Waals surface area contributed by atoms with E-state index in [-0.39, 0.29) is 5.75 Å². The molecule has 1 aromatic carbocycles. The number of hydrogen-bond donors (Lipinski definition) is 0. The lowest BCUT2D eigenvalue weighted by Gasteiger charge is -2.27. The standard InChI is InChI=1S/C15H24ClNO2S/c1-15(2,3)17(16)20(18,19)13-9-5-8-12-14-10-6-4-7-11-14/h4,6-7,10-11H,5,8-9,12-13H2,1-3H3. The average Bonchev–Trinajstić information content (AvgIpc) is 2.37.